The van der Waals surface area contributed by atoms with E-state index in [0.29, 0.717) is 5.41 Å². The molecule has 1 aromatic rings. The molecule has 0 bridgehead atoms. The topological polar surface area (TPSA) is 24.1 Å². The summed E-state index contributed by atoms with van der Waals surface area (Å²) in [6.45, 7) is 6.99. The van der Waals surface area contributed by atoms with Gasteiger partial charge >= 0.3 is 0 Å². The zero-order chi connectivity index (χ0) is 13.3. The van der Waals surface area contributed by atoms with Gasteiger partial charge in [-0.05, 0) is 55.5 Å². The normalized spacial score (nSPS) is 32.1. The highest BCUT2D eigenvalue weighted by molar-refractivity contribution is 8.00. The van der Waals surface area contributed by atoms with E-state index in [9.17, 15) is 0 Å². The predicted molar refractivity (Wildman–Crippen MR) is 84.6 cm³/mol. The van der Waals surface area contributed by atoms with E-state index in [2.05, 4.69) is 48.2 Å². The first-order chi connectivity index (χ1) is 9.32. The Hall–Kier alpha value is -0.670. The van der Waals surface area contributed by atoms with Crippen LogP contribution in [0.3, 0.4) is 0 Å². The van der Waals surface area contributed by atoms with Crippen molar-refractivity contribution < 1.29 is 0 Å². The summed E-state index contributed by atoms with van der Waals surface area (Å²) < 4.78 is 3.48. The third kappa shape index (κ3) is 2.17. The molecule has 104 valence electrons. The molecule has 2 fully saturated rings. The summed E-state index contributed by atoms with van der Waals surface area (Å²) >= 11 is 1.81. The first kappa shape index (κ1) is 13.3. The van der Waals surface area contributed by atoms with Gasteiger partial charge in [-0.2, -0.15) is 0 Å². The Bertz CT molecular complexity index is 436. The second-order valence-electron chi connectivity index (χ2n) is 5.80. The van der Waals surface area contributed by atoms with Gasteiger partial charge in [-0.3, -0.25) is 0 Å². The van der Waals surface area contributed by atoms with Crippen LogP contribution in [0.5, 0.6) is 0 Å². The Kier molecular flexibility index (Phi) is 3.77. The van der Waals surface area contributed by atoms with Crippen molar-refractivity contribution in [1.29, 1.82) is 0 Å². The number of piperidine rings is 1. The Balaban J connectivity index is 1.76. The lowest BCUT2D eigenvalue weighted by Gasteiger charge is -2.21. The van der Waals surface area contributed by atoms with Crippen molar-refractivity contribution in [3.8, 4) is 0 Å². The van der Waals surface area contributed by atoms with Crippen LogP contribution in [0.15, 0.2) is 24.3 Å². The summed E-state index contributed by atoms with van der Waals surface area (Å²) in [5.74, 6) is 2.91. The van der Waals surface area contributed by atoms with Crippen LogP contribution in [-0.2, 0) is 5.41 Å². The maximum atomic E-state index is 3.52. The van der Waals surface area contributed by atoms with E-state index in [0.717, 1.165) is 17.6 Å². The summed E-state index contributed by atoms with van der Waals surface area (Å²) in [4.78, 5) is 0. The van der Waals surface area contributed by atoms with Crippen molar-refractivity contribution in [2.75, 3.05) is 23.6 Å². The van der Waals surface area contributed by atoms with Crippen LogP contribution in [-0.4, -0.2) is 18.8 Å². The van der Waals surface area contributed by atoms with Crippen molar-refractivity contribution in [1.82, 2.24) is 5.32 Å². The maximum Gasteiger partial charge on any atom is 0.0442 e. The average molecular weight is 276 g/mol. The predicted octanol–water partition coefficient (Wildman–Crippen LogP) is 3.65. The van der Waals surface area contributed by atoms with Gasteiger partial charge in [-0.1, -0.05) is 37.9 Å². The lowest BCUT2D eigenvalue weighted by Crippen LogP contribution is -2.24. The second-order valence-corrected chi connectivity index (χ2v) is 6.70. The van der Waals surface area contributed by atoms with Crippen molar-refractivity contribution in [3.05, 3.63) is 29.8 Å². The largest absolute Gasteiger partial charge is 0.330 e. The van der Waals surface area contributed by atoms with Gasteiger partial charge in [0.25, 0.3) is 0 Å². The molecular formula is C16H24N2S. The molecule has 0 amide bonds. The minimum atomic E-state index is 0.471. The van der Waals surface area contributed by atoms with Crippen LogP contribution in [0.1, 0.15) is 32.3 Å². The van der Waals surface area contributed by atoms with Gasteiger partial charge in [0.1, 0.15) is 0 Å². The Morgan fingerprint density at radius 3 is 2.79 bits per heavy atom. The van der Waals surface area contributed by atoms with Gasteiger partial charge in [0, 0.05) is 16.9 Å². The van der Waals surface area contributed by atoms with Crippen LogP contribution < -0.4 is 10.0 Å². The van der Waals surface area contributed by atoms with E-state index in [1.54, 1.807) is 5.56 Å². The molecule has 0 aromatic heterocycles. The first-order valence-corrected chi connectivity index (χ1v) is 8.50. The van der Waals surface area contributed by atoms with Crippen molar-refractivity contribution in [2.24, 2.45) is 11.8 Å². The number of hydrogen-bond donors (Lipinski definition) is 2. The highest BCUT2D eigenvalue weighted by Gasteiger charge is 2.65. The van der Waals surface area contributed by atoms with Gasteiger partial charge in [-0.25, -0.2) is 0 Å². The fourth-order valence-electron chi connectivity index (χ4n) is 3.91. The van der Waals surface area contributed by atoms with E-state index < -0.39 is 0 Å². The molecule has 19 heavy (non-hydrogen) atoms. The van der Waals surface area contributed by atoms with Crippen LogP contribution in [0.25, 0.3) is 0 Å². The molecule has 2 aliphatic rings. The van der Waals surface area contributed by atoms with Gasteiger partial charge in [-0.15, -0.1) is 0 Å². The quantitative estimate of drug-likeness (QED) is 0.612. The van der Waals surface area contributed by atoms with Gasteiger partial charge in [0.15, 0.2) is 0 Å². The highest BCUT2D eigenvalue weighted by atomic mass is 32.2. The van der Waals surface area contributed by atoms with E-state index in [1.807, 2.05) is 11.9 Å². The SMILES string of the molecule is CCCSNc1cccc(C2(CC)[C@@H]3CNC[C@@H]32)c1. The molecule has 1 saturated carbocycles. The number of fused-ring (bicyclic) bond motifs is 1. The summed E-state index contributed by atoms with van der Waals surface area (Å²) in [5.41, 5.74) is 3.29. The highest BCUT2D eigenvalue weighted by Crippen LogP contribution is 2.63. The lowest BCUT2D eigenvalue weighted by molar-refractivity contribution is 0.502. The molecule has 3 atom stereocenters. The molecule has 1 aromatic carbocycles. The van der Waals surface area contributed by atoms with Crippen LogP contribution in [0.2, 0.25) is 0 Å². The van der Waals surface area contributed by atoms with Crippen LogP contribution in [0.4, 0.5) is 5.69 Å². The zero-order valence-electron chi connectivity index (χ0n) is 11.9. The Morgan fingerprint density at radius 2 is 2.11 bits per heavy atom. The standard InChI is InChI=1S/C16H24N2S/c1-3-8-19-18-13-7-5-6-12(9-13)16(4-2)14-10-17-11-15(14)16/h5-7,9,14-15,17-18H,3-4,8,10-11H2,1-2H3/t14-,15+,16?. The van der Waals surface area contributed by atoms with E-state index in [-0.39, 0.29) is 0 Å². The molecule has 1 aliphatic carbocycles. The van der Waals surface area contributed by atoms with Crippen LogP contribution in [0, 0.1) is 11.8 Å². The fraction of sp³-hybridized carbons (Fsp3) is 0.625. The van der Waals surface area contributed by atoms with Crippen LogP contribution >= 0.6 is 11.9 Å². The molecular weight excluding hydrogens is 252 g/mol. The molecule has 1 unspecified atom stereocenters. The average Bonchev–Trinajstić information content (AvgIpc) is 2.81. The van der Waals surface area contributed by atoms with Crippen molar-refractivity contribution >= 4 is 17.6 Å². The molecule has 1 aliphatic heterocycles. The monoisotopic (exact) mass is 276 g/mol. The van der Waals surface area contributed by atoms with E-state index >= 15 is 0 Å². The molecule has 1 saturated heterocycles. The minimum Gasteiger partial charge on any atom is -0.330 e. The molecule has 0 spiro atoms. The summed E-state index contributed by atoms with van der Waals surface area (Å²) in [7, 11) is 0. The summed E-state index contributed by atoms with van der Waals surface area (Å²) in [6, 6.07) is 9.11. The molecule has 3 heteroatoms. The Morgan fingerprint density at radius 1 is 1.32 bits per heavy atom. The lowest BCUT2D eigenvalue weighted by atomic mass is 9.87. The van der Waals surface area contributed by atoms with E-state index in [1.165, 1.54) is 31.6 Å². The number of rotatable bonds is 6. The maximum absolute atomic E-state index is 3.52. The van der Waals surface area contributed by atoms with Gasteiger partial charge in [0.2, 0.25) is 0 Å². The number of nitrogens with one attached hydrogen (secondary N) is 2. The third-order valence-corrected chi connectivity index (χ3v) is 5.90. The number of hydrogen-bond acceptors (Lipinski definition) is 3. The summed E-state index contributed by atoms with van der Waals surface area (Å²) in [5, 5.41) is 3.52. The first-order valence-electron chi connectivity index (χ1n) is 7.52. The third-order valence-electron chi connectivity index (χ3n) is 4.91. The number of anilines is 1. The molecule has 0 radical (unpaired) electrons. The molecule has 2 N–H and O–H groups in total. The summed E-state index contributed by atoms with van der Waals surface area (Å²) in [6.07, 6.45) is 2.49. The molecule has 3 rings (SSSR count). The van der Waals surface area contributed by atoms with Crippen molar-refractivity contribution in [2.45, 2.75) is 32.1 Å². The van der Waals surface area contributed by atoms with Gasteiger partial charge < -0.3 is 10.0 Å². The molecule has 1 heterocycles. The van der Waals surface area contributed by atoms with Crippen molar-refractivity contribution in [3.63, 3.8) is 0 Å². The van der Waals surface area contributed by atoms with E-state index in [4.69, 9.17) is 0 Å². The number of benzene rings is 1. The smallest absolute Gasteiger partial charge is 0.0442 e. The Labute approximate surface area is 120 Å². The van der Waals surface area contributed by atoms with Gasteiger partial charge in [0.05, 0.1) is 0 Å². The zero-order valence-corrected chi connectivity index (χ0v) is 12.7. The second kappa shape index (κ2) is 5.37. The molecule has 2 nitrogen and oxygen atoms in total. The minimum absolute atomic E-state index is 0.471. The fourth-order valence-corrected chi connectivity index (χ4v) is 4.51.